The molecule has 0 radical (unpaired) electrons. The van der Waals surface area contributed by atoms with Gasteiger partial charge >= 0.3 is 0 Å². The molecule has 0 saturated heterocycles. The summed E-state index contributed by atoms with van der Waals surface area (Å²) in [5.74, 6) is 0.596. The van der Waals surface area contributed by atoms with Crippen molar-refractivity contribution < 1.29 is 4.39 Å². The molecule has 0 atom stereocenters. The Balaban J connectivity index is 1.82. The van der Waals surface area contributed by atoms with E-state index < -0.39 is 0 Å². The number of benzene rings is 1. The molecule has 0 unspecified atom stereocenters. The van der Waals surface area contributed by atoms with Crippen molar-refractivity contribution in [1.29, 1.82) is 0 Å². The summed E-state index contributed by atoms with van der Waals surface area (Å²) < 4.78 is 17.4. The Kier molecular flexibility index (Phi) is 6.65. The Morgan fingerprint density at radius 1 is 1.21 bits per heavy atom. The molecule has 5 nitrogen and oxygen atoms in total. The van der Waals surface area contributed by atoms with Crippen molar-refractivity contribution in [1.82, 2.24) is 19.6 Å². The van der Waals surface area contributed by atoms with E-state index >= 15 is 0 Å². The maximum atomic E-state index is 13.1. The highest BCUT2D eigenvalue weighted by Gasteiger charge is 2.21. The van der Waals surface area contributed by atoms with Crippen molar-refractivity contribution in [3.8, 4) is 0 Å². The van der Waals surface area contributed by atoms with Crippen molar-refractivity contribution >= 4 is 16.7 Å². The number of halogens is 1. The Morgan fingerprint density at radius 2 is 1.92 bits per heavy atom. The molecule has 2 rings (SSSR count). The Labute approximate surface area is 147 Å². The molecule has 2 N–H and O–H groups in total. The molecule has 132 valence electrons. The van der Waals surface area contributed by atoms with E-state index in [1.807, 2.05) is 26.2 Å². The molecule has 0 saturated carbocycles. The predicted molar refractivity (Wildman–Crippen MR) is 98.1 cm³/mol. The smallest absolute Gasteiger partial charge is 0.202 e. The van der Waals surface area contributed by atoms with E-state index in [-0.39, 0.29) is 11.2 Å². The number of rotatable bonds is 9. The fourth-order valence-corrected chi connectivity index (χ4v) is 2.78. The van der Waals surface area contributed by atoms with Crippen LogP contribution in [0, 0.1) is 5.82 Å². The molecule has 0 aliphatic carbocycles. The highest BCUT2D eigenvalue weighted by atomic mass is 32.1. The van der Waals surface area contributed by atoms with Crippen LogP contribution in [0.1, 0.15) is 25.2 Å². The van der Waals surface area contributed by atoms with Crippen LogP contribution >= 0.6 is 11.5 Å². The summed E-state index contributed by atoms with van der Waals surface area (Å²) in [5.41, 5.74) is 0.968. The molecule has 0 fully saturated rings. The van der Waals surface area contributed by atoms with Gasteiger partial charge in [0.1, 0.15) is 5.82 Å². The number of likely N-dealkylation sites (N-methyl/N-ethyl adjacent to an activating group) is 1. The highest BCUT2D eigenvalue weighted by Crippen LogP contribution is 2.24. The third-order valence-corrected chi connectivity index (χ3v) is 4.50. The lowest BCUT2D eigenvalue weighted by Crippen LogP contribution is -2.27. The Bertz CT molecular complexity index is 624. The first kappa shape index (κ1) is 18.8. The monoisotopic (exact) mass is 351 g/mol. The molecule has 0 amide bonds. The zero-order valence-corrected chi connectivity index (χ0v) is 15.6. The Morgan fingerprint density at radius 3 is 2.58 bits per heavy atom. The minimum absolute atomic E-state index is 0.122. The predicted octanol–water partition coefficient (Wildman–Crippen LogP) is 2.72. The minimum Gasteiger partial charge on any atom is -0.359 e. The topological polar surface area (TPSA) is 53.1 Å². The summed E-state index contributed by atoms with van der Waals surface area (Å²) in [6.45, 7) is 7.53. The van der Waals surface area contributed by atoms with Crippen LogP contribution in [0.25, 0.3) is 0 Å². The zero-order chi connectivity index (χ0) is 17.6. The first-order valence-corrected chi connectivity index (χ1v) is 8.82. The van der Waals surface area contributed by atoms with Gasteiger partial charge in [-0.2, -0.15) is 4.37 Å². The third kappa shape index (κ3) is 5.81. The second kappa shape index (κ2) is 8.50. The van der Waals surface area contributed by atoms with Crippen molar-refractivity contribution in [3.63, 3.8) is 0 Å². The minimum atomic E-state index is -0.210. The molecule has 2 aromatic rings. The van der Waals surface area contributed by atoms with E-state index in [0.29, 0.717) is 13.1 Å². The van der Waals surface area contributed by atoms with E-state index in [1.165, 1.54) is 23.7 Å². The van der Waals surface area contributed by atoms with Gasteiger partial charge in [-0.1, -0.05) is 26.0 Å². The Hall–Kier alpha value is -1.57. The first-order valence-electron chi connectivity index (χ1n) is 8.05. The maximum Gasteiger partial charge on any atom is 0.202 e. The van der Waals surface area contributed by atoms with Crippen LogP contribution in [0.4, 0.5) is 9.52 Å². The summed E-state index contributed by atoms with van der Waals surface area (Å²) in [5, 5.41) is 7.48. The average Bonchev–Trinajstić information content (AvgIpc) is 2.98. The fraction of sp³-hybridized carbons (Fsp3) is 0.529. The quantitative estimate of drug-likeness (QED) is 0.681. The van der Waals surface area contributed by atoms with Gasteiger partial charge in [-0.25, -0.2) is 9.37 Å². The van der Waals surface area contributed by atoms with Gasteiger partial charge in [0.05, 0.1) is 6.54 Å². The molecule has 24 heavy (non-hydrogen) atoms. The van der Waals surface area contributed by atoms with Crippen LogP contribution in [0.3, 0.4) is 0 Å². The van der Waals surface area contributed by atoms with E-state index in [0.717, 1.165) is 29.6 Å². The molecular formula is C17H26FN5S. The third-order valence-electron chi connectivity index (χ3n) is 3.79. The van der Waals surface area contributed by atoms with Gasteiger partial charge in [-0.15, -0.1) is 0 Å². The second-order valence-electron chi connectivity index (χ2n) is 6.74. The summed E-state index contributed by atoms with van der Waals surface area (Å²) in [4.78, 5) is 6.63. The van der Waals surface area contributed by atoms with Crippen LogP contribution < -0.4 is 10.6 Å². The lowest BCUT2D eigenvalue weighted by molar-refractivity contribution is 0.399. The lowest BCUT2D eigenvalue weighted by Gasteiger charge is -2.25. The number of aromatic nitrogens is 2. The van der Waals surface area contributed by atoms with E-state index in [9.17, 15) is 4.39 Å². The lowest BCUT2D eigenvalue weighted by atomic mass is 9.85. The van der Waals surface area contributed by atoms with E-state index in [4.69, 9.17) is 0 Å². The summed E-state index contributed by atoms with van der Waals surface area (Å²) >= 11 is 1.37. The summed E-state index contributed by atoms with van der Waals surface area (Å²) in [6, 6.07) is 6.66. The van der Waals surface area contributed by atoms with E-state index in [2.05, 4.69) is 38.7 Å². The van der Waals surface area contributed by atoms with Crippen molar-refractivity contribution in [2.24, 2.45) is 0 Å². The van der Waals surface area contributed by atoms with Gasteiger partial charge in [0, 0.05) is 36.6 Å². The standard InChI is InChI=1S/C17H26FN5S/c1-17(2,13-5-7-14(18)8-6-13)12-20-16-21-15(22-24-16)11-19-9-10-23(3)4/h5-8,19H,9-12H2,1-4H3,(H,20,21,22). The fourth-order valence-electron chi connectivity index (χ4n) is 2.20. The molecule has 1 heterocycles. The van der Waals surface area contributed by atoms with Crippen molar-refractivity contribution in [3.05, 3.63) is 41.5 Å². The van der Waals surface area contributed by atoms with Crippen LogP contribution in [0.5, 0.6) is 0 Å². The number of nitrogens with one attached hydrogen (secondary N) is 2. The summed E-state index contributed by atoms with van der Waals surface area (Å²) in [6.07, 6.45) is 0. The van der Waals surface area contributed by atoms with Gasteiger partial charge in [0.25, 0.3) is 0 Å². The van der Waals surface area contributed by atoms with Crippen LogP contribution in [-0.4, -0.2) is 48.0 Å². The largest absolute Gasteiger partial charge is 0.359 e. The number of nitrogens with zero attached hydrogens (tertiary/aromatic N) is 3. The number of hydrogen-bond acceptors (Lipinski definition) is 6. The van der Waals surface area contributed by atoms with Gasteiger partial charge < -0.3 is 15.5 Å². The SMILES string of the molecule is CN(C)CCNCc1nsc(NCC(C)(C)c2ccc(F)cc2)n1. The van der Waals surface area contributed by atoms with Gasteiger partial charge in [-0.05, 0) is 31.8 Å². The van der Waals surface area contributed by atoms with E-state index in [1.54, 1.807) is 0 Å². The molecule has 0 aliphatic heterocycles. The van der Waals surface area contributed by atoms with Crippen LogP contribution in [-0.2, 0) is 12.0 Å². The first-order chi connectivity index (χ1) is 11.4. The molecule has 0 spiro atoms. The zero-order valence-electron chi connectivity index (χ0n) is 14.8. The van der Waals surface area contributed by atoms with Gasteiger partial charge in [-0.3, -0.25) is 0 Å². The van der Waals surface area contributed by atoms with Gasteiger partial charge in [0.2, 0.25) is 5.13 Å². The van der Waals surface area contributed by atoms with Gasteiger partial charge in [0.15, 0.2) is 5.82 Å². The molecule has 7 heteroatoms. The van der Waals surface area contributed by atoms with Crippen molar-refractivity contribution in [2.75, 3.05) is 39.0 Å². The summed E-state index contributed by atoms with van der Waals surface area (Å²) in [7, 11) is 4.10. The molecule has 1 aromatic heterocycles. The maximum absolute atomic E-state index is 13.1. The molecule has 0 aliphatic rings. The molecule has 1 aromatic carbocycles. The van der Waals surface area contributed by atoms with Crippen molar-refractivity contribution in [2.45, 2.75) is 25.8 Å². The molecular weight excluding hydrogens is 325 g/mol. The van der Waals surface area contributed by atoms with Crippen LogP contribution in [0.15, 0.2) is 24.3 Å². The number of anilines is 1. The highest BCUT2D eigenvalue weighted by molar-refractivity contribution is 7.09. The van der Waals surface area contributed by atoms with Crippen LogP contribution in [0.2, 0.25) is 0 Å². The number of hydrogen-bond donors (Lipinski definition) is 2. The molecule has 0 bridgehead atoms. The second-order valence-corrected chi connectivity index (χ2v) is 7.49. The normalized spacial score (nSPS) is 11.9. The average molecular weight is 351 g/mol.